The molecule has 1 aromatic heterocycles. The van der Waals surface area contributed by atoms with Crippen molar-refractivity contribution in [3.05, 3.63) is 39.0 Å². The number of aryl methyl sites for hydroxylation is 1. The van der Waals surface area contributed by atoms with Gasteiger partial charge in [-0.3, -0.25) is 0 Å². The molecule has 1 aromatic carbocycles. The van der Waals surface area contributed by atoms with Crippen LogP contribution in [-0.2, 0) is 6.42 Å². The number of aromatic nitrogens is 2. The first-order valence-corrected chi connectivity index (χ1v) is 7.51. The predicted octanol–water partition coefficient (Wildman–Crippen LogP) is 4.52. The number of nitrogens with zero attached hydrogens (tertiary/aromatic N) is 2. The van der Waals surface area contributed by atoms with Crippen molar-refractivity contribution < 1.29 is 4.74 Å². The molecule has 1 aliphatic carbocycles. The monoisotopic (exact) mass is 323 g/mol. The fraction of sp³-hybridized carbons (Fsp3) is 0.333. The van der Waals surface area contributed by atoms with E-state index in [1.165, 1.54) is 0 Å². The number of hydrogen-bond acceptors (Lipinski definition) is 4. The molecule has 6 heteroatoms. The average Bonchev–Trinajstić information content (AvgIpc) is 2.79. The molecule has 0 saturated carbocycles. The molecular formula is C15H15Cl2N3O. The molecule has 1 atom stereocenters. The molecule has 0 spiro atoms. The quantitative estimate of drug-likeness (QED) is 0.825. The Morgan fingerprint density at radius 1 is 1.29 bits per heavy atom. The lowest BCUT2D eigenvalue weighted by Crippen LogP contribution is -2.01. The van der Waals surface area contributed by atoms with E-state index < -0.39 is 0 Å². The van der Waals surface area contributed by atoms with E-state index in [1.807, 2.05) is 13.0 Å². The highest BCUT2D eigenvalue weighted by Crippen LogP contribution is 2.42. The van der Waals surface area contributed by atoms with Crippen molar-refractivity contribution in [1.82, 2.24) is 10.2 Å². The molecule has 0 aliphatic heterocycles. The van der Waals surface area contributed by atoms with Crippen LogP contribution in [0.1, 0.15) is 36.0 Å². The lowest BCUT2D eigenvalue weighted by molar-refractivity contribution is 0.446. The number of nitrogen functional groups attached to an aromatic ring is 1. The van der Waals surface area contributed by atoms with E-state index in [2.05, 4.69) is 17.1 Å². The molecule has 0 bridgehead atoms. The molecule has 0 saturated heterocycles. The van der Waals surface area contributed by atoms with E-state index in [0.29, 0.717) is 33.4 Å². The van der Waals surface area contributed by atoms with Crippen molar-refractivity contribution in [1.29, 1.82) is 0 Å². The van der Waals surface area contributed by atoms with E-state index in [0.717, 1.165) is 29.5 Å². The molecule has 3 rings (SSSR count). The van der Waals surface area contributed by atoms with Crippen LogP contribution < -0.4 is 10.5 Å². The van der Waals surface area contributed by atoms with Gasteiger partial charge in [0.15, 0.2) is 10.9 Å². The summed E-state index contributed by atoms with van der Waals surface area (Å²) < 4.78 is 5.92. The smallest absolute Gasteiger partial charge is 0.242 e. The van der Waals surface area contributed by atoms with Crippen LogP contribution in [0.5, 0.6) is 11.6 Å². The highest BCUT2D eigenvalue weighted by molar-refractivity contribution is 6.32. The third-order valence-corrected chi connectivity index (χ3v) is 4.36. The van der Waals surface area contributed by atoms with Crippen LogP contribution in [0.25, 0.3) is 0 Å². The molecule has 0 radical (unpaired) electrons. The Kier molecular flexibility index (Phi) is 3.68. The molecule has 2 aromatic rings. The Hall–Kier alpha value is -1.52. The van der Waals surface area contributed by atoms with Gasteiger partial charge in [-0.15, -0.1) is 10.2 Å². The zero-order valence-electron chi connectivity index (χ0n) is 11.8. The second kappa shape index (κ2) is 5.35. The molecule has 0 fully saturated rings. The number of hydrogen-bond donors (Lipinski definition) is 1. The molecule has 1 unspecified atom stereocenters. The summed E-state index contributed by atoms with van der Waals surface area (Å²) in [6.07, 6.45) is 1.90. The Morgan fingerprint density at radius 2 is 2.05 bits per heavy atom. The lowest BCUT2D eigenvalue weighted by Gasteiger charge is -2.13. The minimum atomic E-state index is 0.369. The number of halogens is 2. The van der Waals surface area contributed by atoms with Crippen LogP contribution in [0, 0.1) is 6.92 Å². The van der Waals surface area contributed by atoms with Crippen LogP contribution in [0.4, 0.5) is 5.69 Å². The first kappa shape index (κ1) is 14.4. The number of rotatable bonds is 2. The zero-order chi connectivity index (χ0) is 15.1. The van der Waals surface area contributed by atoms with E-state index in [4.69, 9.17) is 33.7 Å². The van der Waals surface area contributed by atoms with E-state index in [9.17, 15) is 0 Å². The van der Waals surface area contributed by atoms with Crippen molar-refractivity contribution >= 4 is 28.9 Å². The SMILES string of the molecule is Cc1cc(N)cc(Cl)c1Oc1nnc(Cl)c2c1CCC2C. The summed E-state index contributed by atoms with van der Waals surface area (Å²) in [6.45, 7) is 4.02. The Morgan fingerprint density at radius 3 is 2.76 bits per heavy atom. The molecular weight excluding hydrogens is 309 g/mol. The molecule has 0 amide bonds. The van der Waals surface area contributed by atoms with Gasteiger partial charge in [-0.1, -0.05) is 30.1 Å². The summed E-state index contributed by atoms with van der Waals surface area (Å²) in [5.41, 5.74) is 9.28. The number of anilines is 1. The van der Waals surface area contributed by atoms with Crippen molar-refractivity contribution in [2.45, 2.75) is 32.6 Å². The molecule has 110 valence electrons. The van der Waals surface area contributed by atoms with Gasteiger partial charge in [-0.2, -0.15) is 0 Å². The fourth-order valence-electron chi connectivity index (χ4n) is 2.76. The maximum absolute atomic E-state index is 6.22. The van der Waals surface area contributed by atoms with Gasteiger partial charge >= 0.3 is 0 Å². The third kappa shape index (κ3) is 2.54. The first-order valence-electron chi connectivity index (χ1n) is 6.75. The van der Waals surface area contributed by atoms with Crippen LogP contribution in [0.2, 0.25) is 10.2 Å². The molecule has 1 heterocycles. The maximum atomic E-state index is 6.22. The second-order valence-corrected chi connectivity index (χ2v) is 6.14. The van der Waals surface area contributed by atoms with E-state index in [-0.39, 0.29) is 0 Å². The van der Waals surface area contributed by atoms with Crippen molar-refractivity contribution in [3.8, 4) is 11.6 Å². The Labute approximate surface area is 133 Å². The van der Waals surface area contributed by atoms with Gasteiger partial charge in [0.2, 0.25) is 5.88 Å². The van der Waals surface area contributed by atoms with Crippen molar-refractivity contribution in [2.24, 2.45) is 0 Å². The number of benzene rings is 1. The van der Waals surface area contributed by atoms with Gasteiger partial charge in [0, 0.05) is 16.8 Å². The Balaban J connectivity index is 2.05. The van der Waals surface area contributed by atoms with Crippen LogP contribution in [-0.4, -0.2) is 10.2 Å². The largest absolute Gasteiger partial charge is 0.435 e. The van der Waals surface area contributed by atoms with Gasteiger partial charge in [0.25, 0.3) is 0 Å². The highest BCUT2D eigenvalue weighted by atomic mass is 35.5. The number of fused-ring (bicyclic) bond motifs is 1. The van der Waals surface area contributed by atoms with Gasteiger partial charge < -0.3 is 10.5 Å². The normalized spacial score (nSPS) is 16.9. The molecule has 2 N–H and O–H groups in total. The van der Waals surface area contributed by atoms with E-state index >= 15 is 0 Å². The maximum Gasteiger partial charge on any atom is 0.242 e. The number of nitrogens with two attached hydrogens (primary N) is 1. The summed E-state index contributed by atoms with van der Waals surface area (Å²) in [5, 5.41) is 9.01. The van der Waals surface area contributed by atoms with Crippen molar-refractivity contribution in [2.75, 3.05) is 5.73 Å². The average molecular weight is 324 g/mol. The third-order valence-electron chi connectivity index (χ3n) is 3.80. The summed E-state index contributed by atoms with van der Waals surface area (Å²) in [5.74, 6) is 1.41. The van der Waals surface area contributed by atoms with Gasteiger partial charge in [0.1, 0.15) is 0 Å². The molecule has 4 nitrogen and oxygen atoms in total. The van der Waals surface area contributed by atoms with Gasteiger partial charge in [-0.05, 0) is 43.4 Å². The van der Waals surface area contributed by atoms with Crippen LogP contribution in [0.15, 0.2) is 12.1 Å². The van der Waals surface area contributed by atoms with Crippen LogP contribution >= 0.6 is 23.2 Å². The molecule has 21 heavy (non-hydrogen) atoms. The molecule has 1 aliphatic rings. The van der Waals surface area contributed by atoms with Crippen molar-refractivity contribution in [3.63, 3.8) is 0 Å². The van der Waals surface area contributed by atoms with Crippen LogP contribution in [0.3, 0.4) is 0 Å². The second-order valence-electron chi connectivity index (χ2n) is 5.38. The first-order chi connectivity index (χ1) is 9.97. The minimum absolute atomic E-state index is 0.369. The standard InChI is InChI=1S/C15H15Cl2N3O/c1-7-3-4-10-12(7)14(17)19-20-15(10)21-13-8(2)5-9(18)6-11(13)16/h5-7H,3-4,18H2,1-2H3. The lowest BCUT2D eigenvalue weighted by atomic mass is 10.1. The minimum Gasteiger partial charge on any atom is -0.435 e. The summed E-state index contributed by atoms with van der Waals surface area (Å²) in [4.78, 5) is 0. The summed E-state index contributed by atoms with van der Waals surface area (Å²) >= 11 is 12.4. The topological polar surface area (TPSA) is 61.0 Å². The van der Waals surface area contributed by atoms with Gasteiger partial charge in [0.05, 0.1) is 5.02 Å². The Bertz CT molecular complexity index is 695. The summed E-state index contributed by atoms with van der Waals surface area (Å²) in [6, 6.07) is 3.48. The number of ether oxygens (including phenoxy) is 1. The highest BCUT2D eigenvalue weighted by Gasteiger charge is 2.27. The predicted molar refractivity (Wildman–Crippen MR) is 84.5 cm³/mol. The summed E-state index contributed by atoms with van der Waals surface area (Å²) in [7, 11) is 0. The zero-order valence-corrected chi connectivity index (χ0v) is 13.3. The fourth-order valence-corrected chi connectivity index (χ4v) is 3.41. The van der Waals surface area contributed by atoms with Gasteiger partial charge in [-0.25, -0.2) is 0 Å². The van der Waals surface area contributed by atoms with E-state index in [1.54, 1.807) is 6.07 Å².